The third kappa shape index (κ3) is 10.9. The van der Waals surface area contributed by atoms with Gasteiger partial charge in [0.15, 0.2) is 5.79 Å². The molecule has 2 aliphatic rings. The van der Waals surface area contributed by atoms with Crippen molar-refractivity contribution < 1.29 is 23.8 Å². The van der Waals surface area contributed by atoms with Crippen LogP contribution >= 0.6 is 0 Å². The van der Waals surface area contributed by atoms with Gasteiger partial charge in [-0.2, -0.15) is 5.06 Å². The zero-order valence-electron chi connectivity index (χ0n) is 30.5. The summed E-state index contributed by atoms with van der Waals surface area (Å²) in [6.07, 6.45) is 17.9. The molecule has 1 aromatic carbocycles. The summed E-state index contributed by atoms with van der Waals surface area (Å²) in [5.74, 6) is 0.373. The zero-order chi connectivity index (χ0) is 32.8. The lowest BCUT2D eigenvalue weighted by molar-refractivity contribution is -0.396. The van der Waals surface area contributed by atoms with Crippen LogP contribution in [0.1, 0.15) is 163 Å². The van der Waals surface area contributed by atoms with E-state index in [9.17, 15) is 0 Å². The molecular formula is C39H69NO5. The summed E-state index contributed by atoms with van der Waals surface area (Å²) in [7, 11) is 0. The molecule has 0 radical (unpaired) electrons. The summed E-state index contributed by atoms with van der Waals surface area (Å²) in [5.41, 5.74) is 0.624. The minimum atomic E-state index is -0.629. The Bertz CT molecular complexity index is 918. The van der Waals surface area contributed by atoms with Gasteiger partial charge in [-0.05, 0) is 64.2 Å². The Labute approximate surface area is 277 Å². The van der Waals surface area contributed by atoms with E-state index in [2.05, 4.69) is 72.6 Å². The number of unbranched alkanes of at least 4 members (excludes halogenated alkanes) is 10. The van der Waals surface area contributed by atoms with Crippen molar-refractivity contribution in [3.63, 3.8) is 0 Å². The van der Waals surface area contributed by atoms with Crippen LogP contribution in [-0.2, 0) is 19.0 Å². The molecule has 260 valence electrons. The first kappa shape index (κ1) is 38.3. The third-order valence-electron chi connectivity index (χ3n) is 10.8. The van der Waals surface area contributed by atoms with Crippen molar-refractivity contribution in [3.05, 3.63) is 29.8 Å². The number of piperidine rings is 1. The van der Waals surface area contributed by atoms with E-state index >= 15 is 0 Å². The maximum absolute atomic E-state index is 7.02. The summed E-state index contributed by atoms with van der Waals surface area (Å²) < 4.78 is 25.2. The summed E-state index contributed by atoms with van der Waals surface area (Å²) in [5, 5.41) is 2.35. The second kappa shape index (κ2) is 19.0. The quantitative estimate of drug-likeness (QED) is 0.0643. The van der Waals surface area contributed by atoms with Crippen molar-refractivity contribution in [1.29, 1.82) is 0 Å². The number of hydrogen-bond donors (Lipinski definition) is 0. The Morgan fingerprint density at radius 2 is 1.33 bits per heavy atom. The minimum absolute atomic E-state index is 0.102. The number of ether oxygens (including phenoxy) is 4. The standard InChI is InChI=1S/C39H69NO5/c1-9-13-15-17-19-21-27-43-39(44-28-22-20-18-16-14-10-2)31-37(7,11-3)40(38(8,12-4)33(39)6)45-32(5)34-23-25-35(26-24-34)41-29-36-30-42-36/h23-26,32-33,36H,9-22,27-31H2,1-8H3. The van der Waals surface area contributed by atoms with Crippen molar-refractivity contribution in [2.75, 3.05) is 26.4 Å². The van der Waals surface area contributed by atoms with Crippen LogP contribution in [0.2, 0.25) is 0 Å². The number of hydrogen-bond acceptors (Lipinski definition) is 6. The normalized spacial score (nSPS) is 27.0. The van der Waals surface area contributed by atoms with Crippen molar-refractivity contribution in [1.82, 2.24) is 5.06 Å². The number of rotatable bonds is 24. The van der Waals surface area contributed by atoms with E-state index < -0.39 is 5.79 Å². The molecule has 3 rings (SSSR count). The first-order valence-corrected chi connectivity index (χ1v) is 18.8. The summed E-state index contributed by atoms with van der Waals surface area (Å²) in [6, 6.07) is 8.35. The average Bonchev–Trinajstić information content (AvgIpc) is 3.89. The van der Waals surface area contributed by atoms with Crippen molar-refractivity contribution >= 4 is 0 Å². The molecule has 1 aromatic rings. The van der Waals surface area contributed by atoms with Gasteiger partial charge in [0.1, 0.15) is 24.6 Å². The SMILES string of the molecule is CCCCCCCCOC1(OCCCCCCCC)CC(C)(CC)N(OC(C)c2ccc(OCC3CO3)cc2)C(C)(CC)C1C. The largest absolute Gasteiger partial charge is 0.491 e. The molecule has 6 nitrogen and oxygen atoms in total. The lowest BCUT2D eigenvalue weighted by Crippen LogP contribution is -2.72. The van der Waals surface area contributed by atoms with Crippen LogP contribution in [-0.4, -0.2) is 54.5 Å². The molecule has 0 saturated carbocycles. The molecule has 0 N–H and O–H groups in total. The number of benzene rings is 1. The van der Waals surface area contributed by atoms with Crippen molar-refractivity contribution in [2.24, 2.45) is 5.92 Å². The van der Waals surface area contributed by atoms with Crippen LogP contribution in [0.4, 0.5) is 0 Å². The fraction of sp³-hybridized carbons (Fsp3) is 0.846. The fourth-order valence-electron chi connectivity index (χ4n) is 7.04. The van der Waals surface area contributed by atoms with E-state index in [-0.39, 0.29) is 29.2 Å². The van der Waals surface area contributed by atoms with E-state index in [0.29, 0.717) is 6.61 Å². The van der Waals surface area contributed by atoms with E-state index in [0.717, 1.165) is 63.2 Å². The first-order chi connectivity index (χ1) is 21.7. The number of epoxide rings is 1. The minimum Gasteiger partial charge on any atom is -0.491 e. The third-order valence-corrected chi connectivity index (χ3v) is 10.8. The maximum atomic E-state index is 7.02. The van der Waals surface area contributed by atoms with Gasteiger partial charge in [-0.15, -0.1) is 0 Å². The van der Waals surface area contributed by atoms with E-state index in [4.69, 9.17) is 23.8 Å². The van der Waals surface area contributed by atoms with Crippen molar-refractivity contribution in [3.8, 4) is 5.75 Å². The van der Waals surface area contributed by atoms with Crippen LogP contribution in [0.15, 0.2) is 24.3 Å². The van der Waals surface area contributed by atoms with Crippen molar-refractivity contribution in [2.45, 2.75) is 181 Å². The molecule has 2 heterocycles. The smallest absolute Gasteiger partial charge is 0.174 e. The topological polar surface area (TPSA) is 52.7 Å². The van der Waals surface area contributed by atoms with Crippen LogP contribution in [0.5, 0.6) is 5.75 Å². The van der Waals surface area contributed by atoms with Gasteiger partial charge in [-0.25, -0.2) is 0 Å². The average molecular weight is 632 g/mol. The Hall–Kier alpha value is -1.18. The Balaban J connectivity index is 1.75. The second-order valence-corrected chi connectivity index (χ2v) is 14.4. The predicted octanol–water partition coefficient (Wildman–Crippen LogP) is 10.6. The molecule has 0 aliphatic carbocycles. The van der Waals surface area contributed by atoms with E-state index in [1.807, 2.05) is 12.1 Å². The zero-order valence-corrected chi connectivity index (χ0v) is 30.5. The van der Waals surface area contributed by atoms with Crippen LogP contribution in [0.3, 0.4) is 0 Å². The molecule has 45 heavy (non-hydrogen) atoms. The number of hydroxylamine groups is 2. The molecule has 5 unspecified atom stereocenters. The van der Waals surface area contributed by atoms with Gasteiger partial charge in [-0.1, -0.05) is 111 Å². The Kier molecular flexibility index (Phi) is 16.1. The molecule has 2 fully saturated rings. The highest BCUT2D eigenvalue weighted by atomic mass is 16.7. The molecule has 2 aliphatic heterocycles. The van der Waals surface area contributed by atoms with Crippen LogP contribution in [0.25, 0.3) is 0 Å². The molecular weight excluding hydrogens is 562 g/mol. The van der Waals surface area contributed by atoms with Gasteiger partial charge in [0, 0.05) is 17.9 Å². The number of nitrogens with zero attached hydrogens (tertiary/aromatic N) is 1. The lowest BCUT2D eigenvalue weighted by Gasteiger charge is -2.63. The molecule has 2 saturated heterocycles. The predicted molar refractivity (Wildman–Crippen MR) is 186 cm³/mol. The fourth-order valence-corrected chi connectivity index (χ4v) is 7.04. The van der Waals surface area contributed by atoms with Gasteiger partial charge < -0.3 is 18.9 Å². The summed E-state index contributed by atoms with van der Waals surface area (Å²) in [4.78, 5) is 7.02. The molecule has 0 spiro atoms. The molecule has 5 atom stereocenters. The lowest BCUT2D eigenvalue weighted by atomic mass is 9.67. The molecule has 0 amide bonds. The maximum Gasteiger partial charge on any atom is 0.174 e. The second-order valence-electron chi connectivity index (χ2n) is 14.4. The Morgan fingerprint density at radius 3 is 1.82 bits per heavy atom. The molecule has 0 bridgehead atoms. The molecule has 0 aromatic heterocycles. The van der Waals surface area contributed by atoms with E-state index in [1.54, 1.807) is 0 Å². The highest BCUT2D eigenvalue weighted by Crippen LogP contribution is 2.53. The Morgan fingerprint density at radius 1 is 0.800 bits per heavy atom. The van der Waals surface area contributed by atoms with Gasteiger partial charge in [0.05, 0.1) is 25.4 Å². The monoisotopic (exact) mass is 632 g/mol. The first-order valence-electron chi connectivity index (χ1n) is 18.8. The highest BCUT2D eigenvalue weighted by Gasteiger charge is 2.62. The van der Waals surface area contributed by atoms with E-state index in [1.165, 1.54) is 64.2 Å². The summed E-state index contributed by atoms with van der Waals surface area (Å²) in [6.45, 7) is 21.3. The van der Waals surface area contributed by atoms with Crippen LogP contribution in [0, 0.1) is 5.92 Å². The van der Waals surface area contributed by atoms with Gasteiger partial charge in [-0.3, -0.25) is 4.84 Å². The van der Waals surface area contributed by atoms with Crippen LogP contribution < -0.4 is 4.74 Å². The molecule has 6 heteroatoms. The van der Waals surface area contributed by atoms with Gasteiger partial charge in [0.25, 0.3) is 0 Å². The highest BCUT2D eigenvalue weighted by molar-refractivity contribution is 5.28. The van der Waals surface area contributed by atoms with Gasteiger partial charge >= 0.3 is 0 Å². The summed E-state index contributed by atoms with van der Waals surface area (Å²) >= 11 is 0. The van der Waals surface area contributed by atoms with Gasteiger partial charge in [0.2, 0.25) is 0 Å².